The predicted molar refractivity (Wildman–Crippen MR) is 100 cm³/mol. The van der Waals surface area contributed by atoms with Crippen LogP contribution in [0.25, 0.3) is 0 Å². The van der Waals surface area contributed by atoms with Gasteiger partial charge in [0.1, 0.15) is 17.9 Å². The Kier molecular flexibility index (Phi) is 4.56. The van der Waals surface area contributed by atoms with E-state index < -0.39 is 11.5 Å². The van der Waals surface area contributed by atoms with Crippen molar-refractivity contribution < 1.29 is 14.3 Å². The minimum Gasteiger partial charge on any atom is -0.487 e. The first-order chi connectivity index (χ1) is 13.1. The molecule has 1 saturated heterocycles. The Morgan fingerprint density at radius 3 is 2.59 bits per heavy atom. The summed E-state index contributed by atoms with van der Waals surface area (Å²) in [7, 11) is 1.60. The molecule has 2 heterocycles. The number of hydrogen-bond acceptors (Lipinski definition) is 4. The van der Waals surface area contributed by atoms with E-state index in [0.29, 0.717) is 18.7 Å². The summed E-state index contributed by atoms with van der Waals surface area (Å²) in [4.78, 5) is 31.6. The SMILES string of the molecule is CNC(=O)[C@@H]1C[C@H](Oc2cccnc2)CN1C(=O)C1(c2ccccc2)CC1. The van der Waals surface area contributed by atoms with Crippen LogP contribution in [0.5, 0.6) is 5.75 Å². The molecule has 4 rings (SSSR count). The Hall–Kier alpha value is -2.89. The molecule has 1 saturated carbocycles. The molecule has 1 aliphatic heterocycles. The number of likely N-dealkylation sites (tertiary alicyclic amines) is 1. The minimum absolute atomic E-state index is 0.0274. The Labute approximate surface area is 158 Å². The van der Waals surface area contributed by atoms with Crippen LogP contribution in [0.2, 0.25) is 0 Å². The van der Waals surface area contributed by atoms with Crippen molar-refractivity contribution in [1.29, 1.82) is 0 Å². The number of nitrogens with zero attached hydrogens (tertiary/aromatic N) is 2. The Morgan fingerprint density at radius 1 is 1.19 bits per heavy atom. The van der Waals surface area contributed by atoms with Gasteiger partial charge < -0.3 is 15.0 Å². The summed E-state index contributed by atoms with van der Waals surface area (Å²) < 4.78 is 5.98. The van der Waals surface area contributed by atoms with E-state index in [1.165, 1.54) is 0 Å². The molecule has 2 amide bonds. The minimum atomic E-state index is -0.509. The van der Waals surface area contributed by atoms with E-state index in [0.717, 1.165) is 18.4 Å². The van der Waals surface area contributed by atoms with Gasteiger partial charge >= 0.3 is 0 Å². The lowest BCUT2D eigenvalue weighted by Crippen LogP contribution is -2.48. The maximum Gasteiger partial charge on any atom is 0.242 e. The number of benzene rings is 1. The van der Waals surface area contributed by atoms with Crippen molar-refractivity contribution in [3.63, 3.8) is 0 Å². The van der Waals surface area contributed by atoms with Gasteiger partial charge in [0, 0.05) is 19.7 Å². The standard InChI is InChI=1S/C21H23N3O3/c1-22-19(25)18-12-17(27-16-8-5-11-23-13-16)14-24(18)20(26)21(9-10-21)15-6-3-2-4-7-15/h2-8,11,13,17-18H,9-10,12,14H2,1H3,(H,22,25)/t17-,18-/m0/s1. The first kappa shape index (κ1) is 17.5. The lowest BCUT2D eigenvalue weighted by Gasteiger charge is -2.28. The molecule has 140 valence electrons. The molecule has 1 aliphatic carbocycles. The number of hydrogen-bond donors (Lipinski definition) is 1. The van der Waals surface area contributed by atoms with Crippen LogP contribution in [0, 0.1) is 0 Å². The van der Waals surface area contributed by atoms with Crippen molar-refractivity contribution in [2.24, 2.45) is 0 Å². The molecule has 0 radical (unpaired) electrons. The van der Waals surface area contributed by atoms with Crippen LogP contribution in [-0.2, 0) is 15.0 Å². The molecular weight excluding hydrogens is 342 g/mol. The van der Waals surface area contributed by atoms with Crippen LogP contribution in [0.4, 0.5) is 0 Å². The number of amides is 2. The van der Waals surface area contributed by atoms with Gasteiger partial charge in [-0.05, 0) is 30.5 Å². The molecule has 2 atom stereocenters. The quantitative estimate of drug-likeness (QED) is 0.879. The second-order valence-electron chi connectivity index (χ2n) is 7.20. The molecule has 2 aliphatic rings. The van der Waals surface area contributed by atoms with E-state index in [9.17, 15) is 9.59 Å². The molecule has 27 heavy (non-hydrogen) atoms. The summed E-state index contributed by atoms with van der Waals surface area (Å²) in [6.07, 6.45) is 5.22. The zero-order chi connectivity index (χ0) is 18.9. The summed E-state index contributed by atoms with van der Waals surface area (Å²) in [6, 6.07) is 13.0. The fourth-order valence-electron chi connectivity index (χ4n) is 3.91. The maximum absolute atomic E-state index is 13.4. The van der Waals surface area contributed by atoms with Gasteiger partial charge in [0.2, 0.25) is 11.8 Å². The monoisotopic (exact) mass is 365 g/mol. The van der Waals surface area contributed by atoms with E-state index in [-0.39, 0.29) is 17.9 Å². The van der Waals surface area contributed by atoms with Gasteiger partial charge in [-0.3, -0.25) is 14.6 Å². The number of likely N-dealkylation sites (N-methyl/N-ethyl adjacent to an activating group) is 1. The van der Waals surface area contributed by atoms with Gasteiger partial charge in [-0.2, -0.15) is 0 Å². The van der Waals surface area contributed by atoms with Crippen LogP contribution >= 0.6 is 0 Å². The summed E-state index contributed by atoms with van der Waals surface area (Å²) in [6.45, 7) is 0.403. The molecule has 2 fully saturated rings. The number of aromatic nitrogens is 1. The second kappa shape index (κ2) is 7.02. The molecule has 6 heteroatoms. The van der Waals surface area contributed by atoms with Gasteiger partial charge in [-0.1, -0.05) is 30.3 Å². The molecule has 6 nitrogen and oxygen atoms in total. The number of carbonyl (C=O) groups excluding carboxylic acids is 2. The highest BCUT2D eigenvalue weighted by Gasteiger charge is 2.56. The van der Waals surface area contributed by atoms with E-state index in [2.05, 4.69) is 10.3 Å². The van der Waals surface area contributed by atoms with Crippen LogP contribution in [0.3, 0.4) is 0 Å². The lowest BCUT2D eigenvalue weighted by atomic mass is 9.94. The number of rotatable bonds is 5. The molecule has 1 aromatic carbocycles. The van der Waals surface area contributed by atoms with E-state index >= 15 is 0 Å². The van der Waals surface area contributed by atoms with Gasteiger partial charge in [-0.25, -0.2) is 0 Å². The first-order valence-electron chi connectivity index (χ1n) is 9.29. The topological polar surface area (TPSA) is 71.5 Å². The third kappa shape index (κ3) is 3.27. The van der Waals surface area contributed by atoms with Gasteiger partial charge in [0.25, 0.3) is 0 Å². The zero-order valence-electron chi connectivity index (χ0n) is 15.3. The molecular formula is C21H23N3O3. The van der Waals surface area contributed by atoms with Gasteiger partial charge in [0.15, 0.2) is 0 Å². The largest absolute Gasteiger partial charge is 0.487 e. The molecule has 0 bridgehead atoms. The van der Waals surface area contributed by atoms with Crippen molar-refractivity contribution in [3.8, 4) is 5.75 Å². The average molecular weight is 365 g/mol. The second-order valence-corrected chi connectivity index (χ2v) is 7.20. The maximum atomic E-state index is 13.4. The Morgan fingerprint density at radius 2 is 1.96 bits per heavy atom. The average Bonchev–Trinajstić information content (AvgIpc) is 3.43. The highest BCUT2D eigenvalue weighted by molar-refractivity contribution is 5.95. The third-order valence-corrected chi connectivity index (χ3v) is 5.50. The smallest absolute Gasteiger partial charge is 0.242 e. The summed E-state index contributed by atoms with van der Waals surface area (Å²) in [5, 5.41) is 2.69. The molecule has 1 N–H and O–H groups in total. The summed E-state index contributed by atoms with van der Waals surface area (Å²) in [5.41, 5.74) is 0.541. The number of nitrogens with one attached hydrogen (secondary N) is 1. The van der Waals surface area contributed by atoms with Gasteiger partial charge in [0.05, 0.1) is 18.2 Å². The number of ether oxygens (including phenoxy) is 1. The normalized spacial score (nSPS) is 22.9. The Balaban J connectivity index is 1.56. The number of carbonyl (C=O) groups is 2. The van der Waals surface area contributed by atoms with E-state index in [1.54, 1.807) is 30.4 Å². The van der Waals surface area contributed by atoms with E-state index in [1.807, 2.05) is 36.4 Å². The van der Waals surface area contributed by atoms with Crippen molar-refractivity contribution >= 4 is 11.8 Å². The summed E-state index contributed by atoms with van der Waals surface area (Å²) in [5.74, 6) is 0.528. The predicted octanol–water partition coefficient (Wildman–Crippen LogP) is 1.91. The fraction of sp³-hybridized carbons (Fsp3) is 0.381. The molecule has 1 aromatic heterocycles. The summed E-state index contributed by atoms with van der Waals surface area (Å²) >= 11 is 0. The van der Waals surface area contributed by atoms with Crippen LogP contribution in [-0.4, -0.2) is 47.4 Å². The van der Waals surface area contributed by atoms with Crippen molar-refractivity contribution in [2.75, 3.05) is 13.6 Å². The van der Waals surface area contributed by atoms with E-state index in [4.69, 9.17) is 4.74 Å². The van der Waals surface area contributed by atoms with Crippen molar-refractivity contribution in [1.82, 2.24) is 15.2 Å². The zero-order valence-corrected chi connectivity index (χ0v) is 15.3. The molecule has 0 unspecified atom stereocenters. The Bertz CT molecular complexity index is 821. The molecule has 0 spiro atoms. The van der Waals surface area contributed by atoms with Gasteiger partial charge in [-0.15, -0.1) is 0 Å². The van der Waals surface area contributed by atoms with Crippen LogP contribution < -0.4 is 10.1 Å². The molecule has 2 aromatic rings. The fourth-order valence-corrected chi connectivity index (χ4v) is 3.91. The lowest BCUT2D eigenvalue weighted by molar-refractivity contribution is -0.140. The van der Waals surface area contributed by atoms with Crippen molar-refractivity contribution in [3.05, 3.63) is 60.4 Å². The highest BCUT2D eigenvalue weighted by Crippen LogP contribution is 2.50. The number of pyridine rings is 1. The van der Waals surface area contributed by atoms with Crippen LogP contribution in [0.1, 0.15) is 24.8 Å². The van der Waals surface area contributed by atoms with Crippen molar-refractivity contribution in [2.45, 2.75) is 36.8 Å². The first-order valence-corrected chi connectivity index (χ1v) is 9.29. The third-order valence-electron chi connectivity index (χ3n) is 5.50. The van der Waals surface area contributed by atoms with Crippen LogP contribution in [0.15, 0.2) is 54.9 Å². The highest BCUT2D eigenvalue weighted by atomic mass is 16.5.